The molecule has 3 aromatic carbocycles. The fourth-order valence-electron chi connectivity index (χ4n) is 4.38. The van der Waals surface area contributed by atoms with Gasteiger partial charge in [0.25, 0.3) is 0 Å². The Morgan fingerprint density at radius 2 is 1.10 bits per heavy atom. The van der Waals surface area contributed by atoms with Crippen molar-refractivity contribution in [1.29, 1.82) is 5.26 Å². The Labute approximate surface area is 234 Å². The van der Waals surface area contributed by atoms with Crippen LogP contribution in [-0.4, -0.2) is 19.9 Å². The molecule has 6 aromatic rings. The molecule has 3 heterocycles. The summed E-state index contributed by atoms with van der Waals surface area (Å²) in [5.41, 5.74) is 9.24. The predicted molar refractivity (Wildman–Crippen MR) is 157 cm³/mol. The molecule has 0 aliphatic heterocycles. The average Bonchev–Trinajstić information content (AvgIpc) is 3.01. The molecule has 39 heavy (non-hydrogen) atoms. The second kappa shape index (κ2) is 10.8. The lowest BCUT2D eigenvalue weighted by Gasteiger charge is -2.11. The molecule has 0 saturated heterocycles. The number of pyridine rings is 2. The molecular weight excluding hydrogens is 546 g/mol. The van der Waals surface area contributed by atoms with E-state index < -0.39 is 0 Å². The summed E-state index contributed by atoms with van der Waals surface area (Å²) in [5, 5.41) is 9.09. The van der Waals surface area contributed by atoms with Crippen molar-refractivity contribution in [3.8, 4) is 62.2 Å². The first-order valence-corrected chi connectivity index (χ1v) is 13.1. The zero-order valence-corrected chi connectivity index (χ0v) is 22.2. The second-order valence-electron chi connectivity index (χ2n) is 8.94. The third-order valence-electron chi connectivity index (χ3n) is 6.36. The predicted octanol–water partition coefficient (Wildman–Crippen LogP) is 8.24. The van der Waals surface area contributed by atoms with Gasteiger partial charge < -0.3 is 0 Å². The van der Waals surface area contributed by atoms with Crippen LogP contribution in [0.1, 0.15) is 5.56 Å². The van der Waals surface area contributed by atoms with Gasteiger partial charge in [-0.25, -0.2) is 9.97 Å². The Balaban J connectivity index is 1.45. The number of hydrogen-bond donors (Lipinski definition) is 0. The summed E-state index contributed by atoms with van der Waals surface area (Å²) in [6.07, 6.45) is 7.14. The Morgan fingerprint density at radius 1 is 0.538 bits per heavy atom. The monoisotopic (exact) mass is 565 g/mol. The minimum absolute atomic E-state index is 0.606. The quantitative estimate of drug-likeness (QED) is 0.210. The minimum Gasteiger partial charge on any atom is -0.264 e. The van der Waals surface area contributed by atoms with Gasteiger partial charge >= 0.3 is 0 Å². The number of halogens is 1. The SMILES string of the molecule is N#Cc1ccc(-c2ccc(-c3cc(-c4cc(Br)cc(-c5cccnc5)c4)nc(-c4cccnc4)n3)cc2)cc1. The van der Waals surface area contributed by atoms with Gasteiger partial charge in [0, 0.05) is 51.5 Å². The van der Waals surface area contributed by atoms with E-state index in [4.69, 9.17) is 15.2 Å². The molecule has 0 N–H and O–H groups in total. The van der Waals surface area contributed by atoms with E-state index >= 15 is 0 Å². The molecule has 0 spiro atoms. The topological polar surface area (TPSA) is 75.3 Å². The van der Waals surface area contributed by atoms with Gasteiger partial charge in [-0.15, -0.1) is 0 Å². The van der Waals surface area contributed by atoms with Crippen molar-refractivity contribution in [3.63, 3.8) is 0 Å². The van der Waals surface area contributed by atoms with E-state index in [1.54, 1.807) is 18.6 Å². The van der Waals surface area contributed by atoms with Gasteiger partial charge in [0.1, 0.15) is 0 Å². The van der Waals surface area contributed by atoms with Crippen molar-refractivity contribution in [2.45, 2.75) is 0 Å². The van der Waals surface area contributed by atoms with Gasteiger partial charge in [-0.05, 0) is 71.3 Å². The number of rotatable bonds is 5. The first-order valence-electron chi connectivity index (χ1n) is 12.3. The summed E-state index contributed by atoms with van der Waals surface area (Å²) in [7, 11) is 0. The van der Waals surface area contributed by atoms with Crippen molar-refractivity contribution in [3.05, 3.63) is 132 Å². The second-order valence-corrected chi connectivity index (χ2v) is 9.86. The lowest BCUT2D eigenvalue weighted by Crippen LogP contribution is -1.96. The summed E-state index contributed by atoms with van der Waals surface area (Å²) >= 11 is 3.68. The van der Waals surface area contributed by atoms with Crippen molar-refractivity contribution < 1.29 is 0 Å². The van der Waals surface area contributed by atoms with Crippen LogP contribution in [0.2, 0.25) is 0 Å². The van der Waals surface area contributed by atoms with E-state index in [2.05, 4.69) is 74.4 Å². The van der Waals surface area contributed by atoms with Gasteiger partial charge in [0.15, 0.2) is 5.82 Å². The van der Waals surface area contributed by atoms with Crippen LogP contribution in [-0.2, 0) is 0 Å². The molecule has 184 valence electrons. The third-order valence-corrected chi connectivity index (χ3v) is 6.82. The van der Waals surface area contributed by atoms with E-state index in [1.165, 1.54) is 0 Å². The van der Waals surface area contributed by atoms with Crippen LogP contribution in [0.15, 0.2) is 126 Å². The van der Waals surface area contributed by atoms with Gasteiger partial charge in [-0.3, -0.25) is 9.97 Å². The Hall–Kier alpha value is -4.99. The summed E-state index contributed by atoms with van der Waals surface area (Å²) < 4.78 is 0.953. The van der Waals surface area contributed by atoms with Gasteiger partial charge in [-0.1, -0.05) is 58.4 Å². The highest BCUT2D eigenvalue weighted by atomic mass is 79.9. The molecule has 0 saturated carbocycles. The van der Waals surface area contributed by atoms with Crippen LogP contribution in [0.4, 0.5) is 0 Å². The lowest BCUT2D eigenvalue weighted by molar-refractivity contribution is 1.17. The normalized spacial score (nSPS) is 10.7. The number of nitriles is 1. The van der Waals surface area contributed by atoms with Crippen LogP contribution in [0.25, 0.3) is 56.2 Å². The van der Waals surface area contributed by atoms with Crippen molar-refractivity contribution in [2.24, 2.45) is 0 Å². The Kier molecular flexibility index (Phi) is 6.73. The fraction of sp³-hybridized carbons (Fsp3) is 0. The standard InChI is InChI=1S/C33H20BrN5/c34-30-16-28(26-3-1-13-36-20-26)15-29(17-30)32-18-31(38-33(39-32)27-4-2-14-37-21-27)25-11-9-24(10-12-25)23-7-5-22(19-35)6-8-23/h1-18,20-21H. The fourth-order valence-corrected chi connectivity index (χ4v) is 4.87. The maximum Gasteiger partial charge on any atom is 0.161 e. The number of hydrogen-bond acceptors (Lipinski definition) is 5. The molecule has 0 radical (unpaired) electrons. The summed E-state index contributed by atoms with van der Waals surface area (Å²) in [5.74, 6) is 0.606. The maximum atomic E-state index is 9.09. The molecule has 0 atom stereocenters. The smallest absolute Gasteiger partial charge is 0.161 e. The van der Waals surface area contributed by atoms with E-state index in [0.29, 0.717) is 11.4 Å². The molecule has 3 aromatic heterocycles. The van der Waals surface area contributed by atoms with Crippen LogP contribution in [0.5, 0.6) is 0 Å². The van der Waals surface area contributed by atoms with Gasteiger partial charge in [0.2, 0.25) is 0 Å². The molecule has 5 nitrogen and oxygen atoms in total. The van der Waals surface area contributed by atoms with Gasteiger partial charge in [-0.2, -0.15) is 5.26 Å². The van der Waals surface area contributed by atoms with Crippen LogP contribution in [0, 0.1) is 11.3 Å². The van der Waals surface area contributed by atoms with E-state index in [-0.39, 0.29) is 0 Å². The number of benzene rings is 3. The molecule has 0 fully saturated rings. The van der Waals surface area contributed by atoms with Crippen LogP contribution >= 0.6 is 15.9 Å². The molecule has 0 unspecified atom stereocenters. The largest absolute Gasteiger partial charge is 0.264 e. The zero-order valence-electron chi connectivity index (χ0n) is 20.7. The Bertz CT molecular complexity index is 1800. The number of aromatic nitrogens is 4. The highest BCUT2D eigenvalue weighted by Gasteiger charge is 2.13. The van der Waals surface area contributed by atoms with Crippen molar-refractivity contribution in [2.75, 3.05) is 0 Å². The molecule has 0 bridgehead atoms. The molecule has 6 rings (SSSR count). The molecule has 0 amide bonds. The molecule has 6 heteroatoms. The minimum atomic E-state index is 0.606. The highest BCUT2D eigenvalue weighted by molar-refractivity contribution is 9.10. The summed E-state index contributed by atoms with van der Waals surface area (Å²) in [6.45, 7) is 0. The van der Waals surface area contributed by atoms with E-state index in [9.17, 15) is 0 Å². The first kappa shape index (κ1) is 24.4. The summed E-state index contributed by atoms with van der Waals surface area (Å²) in [6, 6.07) is 34.1. The molecular formula is C33H20BrN5. The Morgan fingerprint density at radius 3 is 1.72 bits per heavy atom. The lowest BCUT2D eigenvalue weighted by atomic mass is 10.00. The summed E-state index contributed by atoms with van der Waals surface area (Å²) in [4.78, 5) is 18.4. The third kappa shape index (κ3) is 5.35. The maximum absolute atomic E-state index is 9.09. The first-order chi connectivity index (χ1) is 19.2. The molecule has 0 aliphatic rings. The van der Waals surface area contributed by atoms with Crippen LogP contribution < -0.4 is 0 Å². The highest BCUT2D eigenvalue weighted by Crippen LogP contribution is 2.33. The zero-order chi connectivity index (χ0) is 26.6. The van der Waals surface area contributed by atoms with E-state index in [1.807, 2.05) is 60.8 Å². The van der Waals surface area contributed by atoms with E-state index in [0.717, 1.165) is 54.8 Å². The average molecular weight is 566 g/mol. The van der Waals surface area contributed by atoms with Gasteiger partial charge in [0.05, 0.1) is 23.0 Å². The number of nitrogens with zero attached hydrogens (tertiary/aromatic N) is 5. The molecule has 0 aliphatic carbocycles. The van der Waals surface area contributed by atoms with Crippen molar-refractivity contribution in [1.82, 2.24) is 19.9 Å². The van der Waals surface area contributed by atoms with Crippen LogP contribution in [0.3, 0.4) is 0 Å². The van der Waals surface area contributed by atoms with Crippen molar-refractivity contribution >= 4 is 15.9 Å².